The fourth-order valence-corrected chi connectivity index (χ4v) is 2.80. The lowest BCUT2D eigenvalue weighted by Crippen LogP contribution is -2.44. The molecule has 166 valence electrons. The predicted molar refractivity (Wildman–Crippen MR) is 115 cm³/mol. The van der Waals surface area contributed by atoms with Crippen molar-refractivity contribution in [1.82, 2.24) is 10.5 Å². The number of hydrogen-bond acceptors (Lipinski definition) is 5. The van der Waals surface area contributed by atoms with Gasteiger partial charge in [-0.15, -0.1) is 0 Å². The lowest BCUT2D eigenvalue weighted by Gasteiger charge is -2.16. The summed E-state index contributed by atoms with van der Waals surface area (Å²) in [5.41, 5.74) is 1.93. The zero-order valence-electron chi connectivity index (χ0n) is 17.3. The second kappa shape index (κ2) is 9.73. The standard InChI is InChI=1S/C22H21FN4O5/c1-12(2)19(21(29)30)26-20(28)18-11-17(27-32-18)13-3-7-15(8-4-13)24-22(31)25-16-9-5-14(23)6-10-16/h3-12,19H,1-2H3,(H,26,28)(H,29,30)(H2,24,25,31)/t19-/m0/s1. The van der Waals surface area contributed by atoms with Crippen LogP contribution in [0.15, 0.2) is 59.1 Å². The van der Waals surface area contributed by atoms with Crippen molar-refractivity contribution in [1.29, 1.82) is 0 Å². The molecule has 1 aromatic heterocycles. The number of hydrogen-bond donors (Lipinski definition) is 4. The van der Waals surface area contributed by atoms with E-state index >= 15 is 0 Å². The van der Waals surface area contributed by atoms with Crippen LogP contribution in [0.25, 0.3) is 11.3 Å². The zero-order valence-corrected chi connectivity index (χ0v) is 17.3. The summed E-state index contributed by atoms with van der Waals surface area (Å²) in [6, 6.07) is 11.8. The highest BCUT2D eigenvalue weighted by Crippen LogP contribution is 2.22. The average molecular weight is 440 g/mol. The van der Waals surface area contributed by atoms with Crippen LogP contribution < -0.4 is 16.0 Å². The number of carboxylic acid groups (broad SMARTS) is 1. The summed E-state index contributed by atoms with van der Waals surface area (Å²) in [6.07, 6.45) is 0. The molecule has 0 unspecified atom stereocenters. The van der Waals surface area contributed by atoms with E-state index in [-0.39, 0.29) is 11.7 Å². The van der Waals surface area contributed by atoms with Gasteiger partial charge in [-0.3, -0.25) is 4.79 Å². The van der Waals surface area contributed by atoms with Crippen molar-refractivity contribution in [2.24, 2.45) is 5.92 Å². The van der Waals surface area contributed by atoms with Crippen LogP contribution in [0.5, 0.6) is 0 Å². The molecule has 0 radical (unpaired) electrons. The molecule has 0 saturated carbocycles. The van der Waals surface area contributed by atoms with Gasteiger partial charge in [0.25, 0.3) is 5.91 Å². The fourth-order valence-electron chi connectivity index (χ4n) is 2.80. The number of nitrogens with one attached hydrogen (secondary N) is 3. The lowest BCUT2D eigenvalue weighted by atomic mass is 10.0. The molecular formula is C22H21FN4O5. The van der Waals surface area contributed by atoms with E-state index < -0.39 is 29.8 Å². The van der Waals surface area contributed by atoms with Crippen molar-refractivity contribution >= 4 is 29.3 Å². The Kier molecular flexibility index (Phi) is 6.83. The van der Waals surface area contributed by atoms with E-state index in [9.17, 15) is 23.9 Å². The minimum absolute atomic E-state index is 0.118. The molecule has 0 aliphatic carbocycles. The lowest BCUT2D eigenvalue weighted by molar-refractivity contribution is -0.140. The van der Waals surface area contributed by atoms with Crippen LogP contribution >= 0.6 is 0 Å². The Morgan fingerprint density at radius 1 is 0.969 bits per heavy atom. The molecule has 10 heteroatoms. The molecule has 0 fully saturated rings. The average Bonchev–Trinajstić information content (AvgIpc) is 3.24. The summed E-state index contributed by atoms with van der Waals surface area (Å²) >= 11 is 0. The first-order valence-electron chi connectivity index (χ1n) is 9.67. The van der Waals surface area contributed by atoms with Crippen molar-refractivity contribution in [3.63, 3.8) is 0 Å². The van der Waals surface area contributed by atoms with Crippen molar-refractivity contribution in [2.75, 3.05) is 10.6 Å². The van der Waals surface area contributed by atoms with E-state index in [0.717, 1.165) is 0 Å². The third kappa shape index (κ3) is 5.69. The number of nitrogens with zero attached hydrogens (tertiary/aromatic N) is 1. The topological polar surface area (TPSA) is 134 Å². The van der Waals surface area contributed by atoms with Gasteiger partial charge in [0.1, 0.15) is 17.6 Å². The Morgan fingerprint density at radius 2 is 1.53 bits per heavy atom. The number of aliphatic carboxylic acids is 1. The SMILES string of the molecule is CC(C)[C@H](NC(=O)c1cc(-c2ccc(NC(=O)Nc3ccc(F)cc3)cc2)no1)C(=O)O. The van der Waals surface area contributed by atoms with Crippen LogP contribution in [0.3, 0.4) is 0 Å². The second-order valence-electron chi connectivity index (χ2n) is 7.27. The van der Waals surface area contributed by atoms with Crippen LogP contribution in [0.2, 0.25) is 0 Å². The van der Waals surface area contributed by atoms with E-state index in [2.05, 4.69) is 21.1 Å². The summed E-state index contributed by atoms with van der Waals surface area (Å²) in [6.45, 7) is 3.36. The van der Waals surface area contributed by atoms with Gasteiger partial charge in [-0.05, 0) is 42.3 Å². The number of aromatic nitrogens is 1. The Bertz CT molecular complexity index is 1110. The smallest absolute Gasteiger partial charge is 0.326 e. The molecule has 3 amide bonds. The Labute approximate surface area is 182 Å². The van der Waals surface area contributed by atoms with Crippen LogP contribution in [-0.2, 0) is 4.79 Å². The van der Waals surface area contributed by atoms with Gasteiger partial charge in [0.05, 0.1) is 0 Å². The molecule has 0 bridgehead atoms. The van der Waals surface area contributed by atoms with E-state index in [0.29, 0.717) is 22.6 Å². The first-order valence-corrected chi connectivity index (χ1v) is 9.67. The van der Waals surface area contributed by atoms with Crippen LogP contribution in [0.1, 0.15) is 24.4 Å². The van der Waals surface area contributed by atoms with Crippen molar-refractivity contribution < 1.29 is 28.4 Å². The summed E-state index contributed by atoms with van der Waals surface area (Å²) < 4.78 is 18.0. The number of carbonyl (C=O) groups is 3. The first-order chi connectivity index (χ1) is 15.2. The van der Waals surface area contributed by atoms with E-state index in [1.807, 2.05) is 0 Å². The molecule has 0 aliphatic rings. The number of anilines is 2. The number of carbonyl (C=O) groups excluding carboxylic acids is 2. The molecule has 4 N–H and O–H groups in total. The number of rotatable bonds is 7. The van der Waals surface area contributed by atoms with Gasteiger partial charge >= 0.3 is 12.0 Å². The monoisotopic (exact) mass is 440 g/mol. The summed E-state index contributed by atoms with van der Waals surface area (Å²) in [4.78, 5) is 35.6. The summed E-state index contributed by atoms with van der Waals surface area (Å²) in [7, 11) is 0. The quantitative estimate of drug-likeness (QED) is 0.439. The predicted octanol–water partition coefficient (Wildman–Crippen LogP) is 3.96. The van der Waals surface area contributed by atoms with Gasteiger partial charge in [0, 0.05) is 23.0 Å². The third-order valence-corrected chi connectivity index (χ3v) is 4.49. The van der Waals surface area contributed by atoms with E-state index in [4.69, 9.17) is 4.52 Å². The van der Waals surface area contributed by atoms with Gasteiger partial charge in [-0.1, -0.05) is 31.1 Å². The molecule has 3 rings (SSSR count). The highest BCUT2D eigenvalue weighted by atomic mass is 19.1. The molecule has 0 aliphatic heterocycles. The molecule has 2 aromatic carbocycles. The number of urea groups is 1. The summed E-state index contributed by atoms with van der Waals surface area (Å²) in [5.74, 6) is -2.64. The molecule has 9 nitrogen and oxygen atoms in total. The maximum absolute atomic E-state index is 12.9. The molecule has 0 spiro atoms. The number of benzene rings is 2. The number of amides is 3. The highest BCUT2D eigenvalue weighted by Gasteiger charge is 2.25. The number of halogens is 1. The third-order valence-electron chi connectivity index (χ3n) is 4.49. The first kappa shape index (κ1) is 22.5. The molecular weight excluding hydrogens is 419 g/mol. The van der Waals surface area contributed by atoms with E-state index in [1.165, 1.54) is 30.3 Å². The Hall–Kier alpha value is -4.21. The summed E-state index contributed by atoms with van der Waals surface area (Å²) in [5, 5.41) is 20.7. The Morgan fingerprint density at radius 3 is 2.06 bits per heavy atom. The van der Waals surface area contributed by atoms with Crippen molar-refractivity contribution in [2.45, 2.75) is 19.9 Å². The van der Waals surface area contributed by atoms with Crippen LogP contribution in [-0.4, -0.2) is 34.2 Å². The molecule has 1 heterocycles. The van der Waals surface area contributed by atoms with E-state index in [1.54, 1.807) is 38.1 Å². The van der Waals surface area contributed by atoms with Gasteiger partial charge in [0.15, 0.2) is 0 Å². The van der Waals surface area contributed by atoms with Crippen LogP contribution in [0.4, 0.5) is 20.6 Å². The molecule has 32 heavy (non-hydrogen) atoms. The zero-order chi connectivity index (χ0) is 23.3. The maximum atomic E-state index is 12.9. The number of carboxylic acids is 1. The molecule has 1 atom stereocenters. The fraction of sp³-hybridized carbons (Fsp3) is 0.182. The minimum atomic E-state index is -1.14. The largest absolute Gasteiger partial charge is 0.480 e. The van der Waals surface area contributed by atoms with Crippen molar-refractivity contribution in [3.8, 4) is 11.3 Å². The van der Waals surface area contributed by atoms with Gasteiger partial charge in [0.2, 0.25) is 5.76 Å². The van der Waals surface area contributed by atoms with Gasteiger partial charge < -0.3 is 25.6 Å². The molecule has 0 saturated heterocycles. The van der Waals surface area contributed by atoms with Gasteiger partial charge in [-0.2, -0.15) is 0 Å². The normalized spacial score (nSPS) is 11.6. The highest BCUT2D eigenvalue weighted by molar-refractivity contribution is 6.00. The Balaban J connectivity index is 1.62. The van der Waals surface area contributed by atoms with Crippen LogP contribution in [0, 0.1) is 11.7 Å². The van der Waals surface area contributed by atoms with Gasteiger partial charge in [-0.25, -0.2) is 14.0 Å². The second-order valence-corrected chi connectivity index (χ2v) is 7.27. The van der Waals surface area contributed by atoms with Crippen molar-refractivity contribution in [3.05, 3.63) is 66.2 Å². The molecule has 3 aromatic rings. The maximum Gasteiger partial charge on any atom is 0.326 e. The minimum Gasteiger partial charge on any atom is -0.480 e.